The molecular weight excluding hydrogens is 244 g/mol. The number of hydrogen-bond donors (Lipinski definition) is 1. The SMILES string of the molecule is Cc1cc(C)n2ncc(C(=O)N3CC[C@H](O)C3)c2n1. The van der Waals surface area contributed by atoms with E-state index in [1.807, 2.05) is 19.9 Å². The van der Waals surface area contributed by atoms with Crippen molar-refractivity contribution in [3.05, 3.63) is 29.2 Å². The highest BCUT2D eigenvalue weighted by Gasteiger charge is 2.27. The number of β-amino-alcohol motifs (C(OH)–C–C–N with tert-alkyl or cyclic N) is 1. The zero-order valence-electron chi connectivity index (χ0n) is 11.0. The van der Waals surface area contributed by atoms with E-state index in [9.17, 15) is 9.90 Å². The van der Waals surface area contributed by atoms with Crippen LogP contribution in [0.25, 0.3) is 5.65 Å². The topological polar surface area (TPSA) is 70.7 Å². The first-order valence-corrected chi connectivity index (χ1v) is 6.35. The Kier molecular flexibility index (Phi) is 2.74. The highest BCUT2D eigenvalue weighted by atomic mass is 16.3. The average molecular weight is 260 g/mol. The van der Waals surface area contributed by atoms with E-state index in [1.54, 1.807) is 15.6 Å². The first kappa shape index (κ1) is 12.1. The van der Waals surface area contributed by atoms with Crippen molar-refractivity contribution in [1.29, 1.82) is 0 Å². The Morgan fingerprint density at radius 2 is 2.26 bits per heavy atom. The van der Waals surface area contributed by atoms with Crippen LogP contribution in [0.5, 0.6) is 0 Å². The number of fused-ring (bicyclic) bond motifs is 1. The molecule has 0 aromatic carbocycles. The summed E-state index contributed by atoms with van der Waals surface area (Å²) in [4.78, 5) is 18.5. The molecule has 6 nitrogen and oxygen atoms in total. The molecule has 1 N–H and O–H groups in total. The number of nitrogens with zero attached hydrogens (tertiary/aromatic N) is 4. The molecule has 0 bridgehead atoms. The van der Waals surface area contributed by atoms with Crippen molar-refractivity contribution >= 4 is 11.6 Å². The molecule has 6 heteroatoms. The number of carbonyl (C=O) groups is 1. The van der Waals surface area contributed by atoms with Gasteiger partial charge in [0, 0.05) is 24.5 Å². The molecule has 1 amide bonds. The summed E-state index contributed by atoms with van der Waals surface area (Å²) in [6.07, 6.45) is 1.78. The van der Waals surface area contributed by atoms with Gasteiger partial charge in [-0.1, -0.05) is 0 Å². The van der Waals surface area contributed by atoms with Gasteiger partial charge in [0.15, 0.2) is 5.65 Å². The quantitative estimate of drug-likeness (QED) is 0.813. The monoisotopic (exact) mass is 260 g/mol. The number of hydrogen-bond acceptors (Lipinski definition) is 4. The normalized spacial score (nSPS) is 19.3. The number of carbonyl (C=O) groups excluding carboxylic acids is 1. The van der Waals surface area contributed by atoms with Crippen molar-refractivity contribution < 1.29 is 9.90 Å². The van der Waals surface area contributed by atoms with Gasteiger partial charge >= 0.3 is 0 Å². The predicted molar refractivity (Wildman–Crippen MR) is 69.0 cm³/mol. The average Bonchev–Trinajstić information content (AvgIpc) is 2.94. The zero-order valence-corrected chi connectivity index (χ0v) is 11.0. The Hall–Kier alpha value is -1.95. The van der Waals surface area contributed by atoms with Crippen LogP contribution in [0.1, 0.15) is 28.2 Å². The molecule has 0 spiro atoms. The van der Waals surface area contributed by atoms with E-state index in [0.717, 1.165) is 11.4 Å². The predicted octanol–water partition coefficient (Wildman–Crippen LogP) is 0.553. The molecule has 1 aliphatic rings. The molecule has 2 aromatic rings. The molecule has 0 saturated carbocycles. The van der Waals surface area contributed by atoms with Crippen LogP contribution in [0, 0.1) is 13.8 Å². The van der Waals surface area contributed by atoms with E-state index in [-0.39, 0.29) is 5.91 Å². The molecular formula is C13H16N4O2. The molecule has 19 heavy (non-hydrogen) atoms. The summed E-state index contributed by atoms with van der Waals surface area (Å²) in [5.74, 6) is -0.107. The summed E-state index contributed by atoms with van der Waals surface area (Å²) in [5, 5.41) is 13.7. The van der Waals surface area contributed by atoms with Gasteiger partial charge in [-0.25, -0.2) is 9.50 Å². The fourth-order valence-corrected chi connectivity index (χ4v) is 2.52. The lowest BCUT2D eigenvalue weighted by molar-refractivity contribution is 0.0766. The van der Waals surface area contributed by atoms with E-state index in [4.69, 9.17) is 0 Å². The second-order valence-electron chi connectivity index (χ2n) is 5.03. The highest BCUT2D eigenvalue weighted by molar-refractivity contribution is 5.99. The first-order chi connectivity index (χ1) is 9.06. The number of aromatic nitrogens is 3. The minimum absolute atomic E-state index is 0.107. The first-order valence-electron chi connectivity index (χ1n) is 6.35. The van der Waals surface area contributed by atoms with Crippen molar-refractivity contribution in [2.45, 2.75) is 26.4 Å². The van der Waals surface area contributed by atoms with Crippen LogP contribution in [0.4, 0.5) is 0 Å². The summed E-state index contributed by atoms with van der Waals surface area (Å²) >= 11 is 0. The Labute approximate surface area is 110 Å². The van der Waals surface area contributed by atoms with E-state index >= 15 is 0 Å². The van der Waals surface area contributed by atoms with Gasteiger partial charge in [-0.05, 0) is 26.3 Å². The fraction of sp³-hybridized carbons (Fsp3) is 0.462. The van der Waals surface area contributed by atoms with Gasteiger partial charge in [-0.2, -0.15) is 5.10 Å². The molecule has 1 fully saturated rings. The van der Waals surface area contributed by atoms with Gasteiger partial charge in [-0.15, -0.1) is 0 Å². The van der Waals surface area contributed by atoms with Gasteiger partial charge in [0.1, 0.15) is 5.56 Å². The summed E-state index contributed by atoms with van der Waals surface area (Å²) < 4.78 is 1.67. The number of aliphatic hydroxyl groups excluding tert-OH is 1. The van der Waals surface area contributed by atoms with E-state index in [1.165, 1.54) is 0 Å². The standard InChI is InChI=1S/C13H16N4O2/c1-8-5-9(2)17-12(15-8)11(6-14-17)13(19)16-4-3-10(18)7-16/h5-6,10,18H,3-4,7H2,1-2H3/t10-/m0/s1. The van der Waals surface area contributed by atoms with E-state index < -0.39 is 6.10 Å². The van der Waals surface area contributed by atoms with Crippen LogP contribution < -0.4 is 0 Å². The molecule has 1 aliphatic heterocycles. The maximum Gasteiger partial charge on any atom is 0.259 e. The third-order valence-electron chi connectivity index (χ3n) is 3.46. The minimum Gasteiger partial charge on any atom is -0.391 e. The van der Waals surface area contributed by atoms with Crippen LogP contribution in [0.3, 0.4) is 0 Å². The molecule has 0 radical (unpaired) electrons. The van der Waals surface area contributed by atoms with Crippen molar-refractivity contribution in [2.24, 2.45) is 0 Å². The minimum atomic E-state index is -0.415. The Morgan fingerprint density at radius 3 is 2.95 bits per heavy atom. The third-order valence-corrected chi connectivity index (χ3v) is 3.46. The maximum atomic E-state index is 12.4. The molecule has 0 aliphatic carbocycles. The number of aliphatic hydroxyl groups is 1. The van der Waals surface area contributed by atoms with Crippen molar-refractivity contribution in [3.63, 3.8) is 0 Å². The molecule has 3 rings (SSSR count). The van der Waals surface area contributed by atoms with Crippen molar-refractivity contribution in [2.75, 3.05) is 13.1 Å². The van der Waals surface area contributed by atoms with Crippen LogP contribution in [0.2, 0.25) is 0 Å². The van der Waals surface area contributed by atoms with Gasteiger partial charge in [0.2, 0.25) is 0 Å². The third kappa shape index (κ3) is 1.98. The summed E-state index contributed by atoms with van der Waals surface area (Å²) in [7, 11) is 0. The van der Waals surface area contributed by atoms with E-state index in [2.05, 4.69) is 10.1 Å². The molecule has 3 heterocycles. The summed E-state index contributed by atoms with van der Waals surface area (Å²) in [5.41, 5.74) is 2.90. The molecule has 2 aromatic heterocycles. The fourth-order valence-electron chi connectivity index (χ4n) is 2.52. The van der Waals surface area contributed by atoms with Crippen molar-refractivity contribution in [3.8, 4) is 0 Å². The second kappa shape index (κ2) is 4.31. The largest absolute Gasteiger partial charge is 0.391 e. The van der Waals surface area contributed by atoms with Gasteiger partial charge in [0.25, 0.3) is 5.91 Å². The lowest BCUT2D eigenvalue weighted by atomic mass is 10.2. The Bertz CT molecular complexity index is 649. The van der Waals surface area contributed by atoms with Crippen LogP contribution >= 0.6 is 0 Å². The number of aryl methyl sites for hydroxylation is 2. The Morgan fingerprint density at radius 1 is 1.47 bits per heavy atom. The number of rotatable bonds is 1. The van der Waals surface area contributed by atoms with Crippen LogP contribution in [-0.4, -0.2) is 49.7 Å². The highest BCUT2D eigenvalue weighted by Crippen LogP contribution is 2.17. The van der Waals surface area contributed by atoms with Gasteiger partial charge < -0.3 is 10.0 Å². The molecule has 100 valence electrons. The van der Waals surface area contributed by atoms with Crippen LogP contribution in [0.15, 0.2) is 12.3 Å². The smallest absolute Gasteiger partial charge is 0.259 e. The Balaban J connectivity index is 2.03. The molecule has 1 atom stereocenters. The second-order valence-corrected chi connectivity index (χ2v) is 5.03. The van der Waals surface area contributed by atoms with Crippen LogP contribution in [-0.2, 0) is 0 Å². The summed E-state index contributed by atoms with van der Waals surface area (Å²) in [6, 6.07) is 1.92. The van der Waals surface area contributed by atoms with Gasteiger partial charge in [0.05, 0.1) is 12.3 Å². The number of likely N-dealkylation sites (tertiary alicyclic amines) is 1. The lowest BCUT2D eigenvalue weighted by Crippen LogP contribution is -2.29. The molecule has 1 saturated heterocycles. The number of amides is 1. The molecule has 0 unspecified atom stereocenters. The van der Waals surface area contributed by atoms with Gasteiger partial charge in [-0.3, -0.25) is 4.79 Å². The van der Waals surface area contributed by atoms with Crippen molar-refractivity contribution in [1.82, 2.24) is 19.5 Å². The summed E-state index contributed by atoms with van der Waals surface area (Å²) in [6.45, 7) is 4.81. The lowest BCUT2D eigenvalue weighted by Gasteiger charge is -2.14. The zero-order chi connectivity index (χ0) is 13.6. The maximum absolute atomic E-state index is 12.4. The van der Waals surface area contributed by atoms with E-state index in [0.29, 0.717) is 30.7 Å².